The van der Waals surface area contributed by atoms with Gasteiger partial charge in [-0.3, -0.25) is 4.90 Å². The Morgan fingerprint density at radius 1 is 1.18 bits per heavy atom. The molecular weight excluding hydrogens is 378 g/mol. The molecule has 0 amide bonds. The first-order valence-corrected chi connectivity index (χ1v) is 10.4. The smallest absolute Gasteiger partial charge is 0.250 e. The predicted molar refractivity (Wildman–Crippen MR) is 110 cm³/mol. The zero-order chi connectivity index (χ0) is 19.6. The zero-order valence-electron chi connectivity index (χ0n) is 15.9. The summed E-state index contributed by atoms with van der Waals surface area (Å²) in [6.07, 6.45) is 3.32. The summed E-state index contributed by atoms with van der Waals surface area (Å²) < 4.78 is 26.7. The van der Waals surface area contributed by atoms with E-state index in [1.807, 2.05) is 12.1 Å². The molecule has 7 heteroatoms. The van der Waals surface area contributed by atoms with Crippen molar-refractivity contribution in [2.75, 3.05) is 18.4 Å². The molecule has 0 spiro atoms. The fraction of sp³-hybridized carbons (Fsp3) is 0.429. The summed E-state index contributed by atoms with van der Waals surface area (Å²) in [7, 11) is 0. The molecule has 4 nitrogen and oxygen atoms in total. The minimum absolute atomic E-state index is 0.259. The van der Waals surface area contributed by atoms with Gasteiger partial charge in [-0.05, 0) is 31.4 Å². The van der Waals surface area contributed by atoms with Gasteiger partial charge < -0.3 is 5.32 Å². The maximum absolute atomic E-state index is 13.4. The lowest BCUT2D eigenvalue weighted by Crippen LogP contribution is -2.38. The van der Waals surface area contributed by atoms with Crippen molar-refractivity contribution in [2.45, 2.75) is 44.7 Å². The average Bonchev–Trinajstić information content (AvgIpc) is 3.06. The van der Waals surface area contributed by atoms with E-state index in [0.717, 1.165) is 55.4 Å². The molecule has 0 unspecified atom stereocenters. The van der Waals surface area contributed by atoms with Crippen LogP contribution in [0, 0.1) is 0 Å². The van der Waals surface area contributed by atoms with Crippen LogP contribution in [0.2, 0.25) is 0 Å². The molecule has 3 heterocycles. The molecule has 28 heavy (non-hydrogen) atoms. The highest BCUT2D eigenvalue weighted by atomic mass is 32.1. The van der Waals surface area contributed by atoms with Gasteiger partial charge in [-0.25, -0.2) is 18.7 Å². The predicted octanol–water partition coefficient (Wildman–Crippen LogP) is 4.97. The van der Waals surface area contributed by atoms with Crippen molar-refractivity contribution >= 4 is 27.4 Å². The van der Waals surface area contributed by atoms with Gasteiger partial charge >= 0.3 is 0 Å². The molecule has 1 aromatic carbocycles. The van der Waals surface area contributed by atoms with Gasteiger partial charge in [0.05, 0.1) is 5.39 Å². The third-order valence-corrected chi connectivity index (χ3v) is 6.09. The second-order valence-electron chi connectivity index (χ2n) is 7.58. The summed E-state index contributed by atoms with van der Waals surface area (Å²) in [6, 6.07) is 12.7. The minimum atomic E-state index is -2.71. The van der Waals surface area contributed by atoms with E-state index in [9.17, 15) is 8.78 Å². The molecule has 1 aliphatic rings. The van der Waals surface area contributed by atoms with Crippen molar-refractivity contribution in [3.05, 3.63) is 53.2 Å². The monoisotopic (exact) mass is 402 g/mol. The number of hydrogen-bond acceptors (Lipinski definition) is 5. The summed E-state index contributed by atoms with van der Waals surface area (Å²) in [6.45, 7) is 3.98. The number of halogens is 2. The van der Waals surface area contributed by atoms with E-state index in [0.29, 0.717) is 10.9 Å². The van der Waals surface area contributed by atoms with E-state index in [1.54, 1.807) is 0 Å². The van der Waals surface area contributed by atoms with Gasteiger partial charge in [-0.2, -0.15) is 0 Å². The Morgan fingerprint density at radius 2 is 1.93 bits per heavy atom. The standard InChI is InChI=1S/C21H24F2N4S/c1-21(22,23)12-17-11-18-19(24-14-25-20(18)28-17)26-16-7-9-27(10-8-16)13-15-5-3-2-4-6-15/h2-6,11,14,16H,7-10,12-13H2,1H3,(H,24,25,26). The van der Waals surface area contributed by atoms with Crippen LogP contribution in [0.1, 0.15) is 30.2 Å². The molecule has 0 bridgehead atoms. The lowest BCUT2D eigenvalue weighted by Gasteiger charge is -2.32. The first-order chi connectivity index (χ1) is 13.5. The number of nitrogens with one attached hydrogen (secondary N) is 1. The normalized spacial score (nSPS) is 16.5. The quantitative estimate of drug-likeness (QED) is 0.632. The Bertz CT molecular complexity index is 915. The van der Waals surface area contributed by atoms with Crippen molar-refractivity contribution in [3.63, 3.8) is 0 Å². The molecule has 2 aromatic heterocycles. The maximum Gasteiger partial charge on any atom is 0.250 e. The van der Waals surface area contributed by atoms with Crippen molar-refractivity contribution < 1.29 is 8.78 Å². The molecule has 0 radical (unpaired) electrons. The first kappa shape index (κ1) is 19.2. The second-order valence-corrected chi connectivity index (χ2v) is 8.70. The molecule has 3 aromatic rings. The average molecular weight is 403 g/mol. The van der Waals surface area contributed by atoms with Crippen LogP contribution in [0.4, 0.5) is 14.6 Å². The maximum atomic E-state index is 13.4. The molecule has 1 N–H and O–H groups in total. The first-order valence-electron chi connectivity index (χ1n) is 9.60. The molecule has 1 fully saturated rings. The molecule has 4 rings (SSSR count). The molecule has 148 valence electrons. The van der Waals surface area contributed by atoms with Crippen molar-refractivity contribution in [1.82, 2.24) is 14.9 Å². The number of nitrogens with zero attached hydrogens (tertiary/aromatic N) is 3. The number of hydrogen-bond donors (Lipinski definition) is 1. The Balaban J connectivity index is 1.39. The molecule has 0 atom stereocenters. The zero-order valence-corrected chi connectivity index (χ0v) is 16.7. The number of rotatable bonds is 6. The number of alkyl halides is 2. The number of likely N-dealkylation sites (tertiary alicyclic amines) is 1. The van der Waals surface area contributed by atoms with E-state index < -0.39 is 5.92 Å². The number of fused-ring (bicyclic) bond motifs is 1. The fourth-order valence-corrected chi connectivity index (χ4v) is 4.80. The lowest BCUT2D eigenvalue weighted by molar-refractivity contribution is 0.0235. The van der Waals surface area contributed by atoms with Crippen LogP contribution in [0.5, 0.6) is 0 Å². The van der Waals surface area contributed by atoms with Gasteiger partial charge in [0.25, 0.3) is 0 Å². The van der Waals surface area contributed by atoms with Crippen molar-refractivity contribution in [3.8, 4) is 0 Å². The van der Waals surface area contributed by atoms with Crippen LogP contribution >= 0.6 is 11.3 Å². The largest absolute Gasteiger partial charge is 0.367 e. The van der Waals surface area contributed by atoms with Gasteiger partial charge in [0, 0.05) is 37.0 Å². The highest BCUT2D eigenvalue weighted by molar-refractivity contribution is 7.18. The third-order valence-electron chi connectivity index (χ3n) is 5.04. The number of aromatic nitrogens is 2. The SMILES string of the molecule is CC(F)(F)Cc1cc2c(NC3CCN(Cc4ccccc4)CC3)ncnc2s1. The van der Waals surface area contributed by atoms with Crippen LogP contribution in [0.15, 0.2) is 42.7 Å². The van der Waals surface area contributed by atoms with Crippen LogP contribution in [-0.2, 0) is 13.0 Å². The Labute approximate surface area is 167 Å². The molecule has 0 saturated carbocycles. The van der Waals surface area contributed by atoms with Crippen LogP contribution in [0.3, 0.4) is 0 Å². The molecule has 0 aliphatic carbocycles. The molecule has 1 aliphatic heterocycles. The highest BCUT2D eigenvalue weighted by Gasteiger charge is 2.24. The minimum Gasteiger partial charge on any atom is -0.367 e. The van der Waals surface area contributed by atoms with E-state index >= 15 is 0 Å². The molecule has 1 saturated heterocycles. The summed E-state index contributed by atoms with van der Waals surface area (Å²) in [5, 5.41) is 4.37. The molecular formula is C21H24F2N4S. The van der Waals surface area contributed by atoms with E-state index in [4.69, 9.17) is 0 Å². The number of thiophene rings is 1. The Morgan fingerprint density at radius 3 is 2.64 bits per heavy atom. The van der Waals surface area contributed by atoms with Gasteiger partial charge in [-0.1, -0.05) is 30.3 Å². The Kier molecular flexibility index (Phi) is 5.55. The van der Waals surface area contributed by atoms with Crippen LogP contribution in [-0.4, -0.2) is 39.9 Å². The number of benzene rings is 1. The van der Waals surface area contributed by atoms with Gasteiger partial charge in [0.15, 0.2) is 0 Å². The number of anilines is 1. The van der Waals surface area contributed by atoms with E-state index in [2.05, 4.69) is 44.5 Å². The lowest BCUT2D eigenvalue weighted by atomic mass is 10.0. The van der Waals surface area contributed by atoms with Gasteiger partial charge in [0.2, 0.25) is 5.92 Å². The van der Waals surface area contributed by atoms with E-state index in [-0.39, 0.29) is 6.42 Å². The van der Waals surface area contributed by atoms with Gasteiger partial charge in [-0.15, -0.1) is 11.3 Å². The van der Waals surface area contributed by atoms with Crippen molar-refractivity contribution in [1.29, 1.82) is 0 Å². The van der Waals surface area contributed by atoms with E-state index in [1.165, 1.54) is 23.2 Å². The van der Waals surface area contributed by atoms with Gasteiger partial charge in [0.1, 0.15) is 17.0 Å². The summed E-state index contributed by atoms with van der Waals surface area (Å²) in [5.74, 6) is -1.96. The number of piperidine rings is 1. The fourth-order valence-electron chi connectivity index (χ4n) is 3.68. The van der Waals surface area contributed by atoms with Crippen LogP contribution in [0.25, 0.3) is 10.2 Å². The topological polar surface area (TPSA) is 41.0 Å². The third kappa shape index (κ3) is 4.83. The van der Waals surface area contributed by atoms with Crippen molar-refractivity contribution in [2.24, 2.45) is 0 Å². The van der Waals surface area contributed by atoms with Crippen LogP contribution < -0.4 is 5.32 Å². The summed E-state index contributed by atoms with van der Waals surface area (Å²) in [4.78, 5) is 12.5. The highest BCUT2D eigenvalue weighted by Crippen LogP contribution is 2.32. The summed E-state index contributed by atoms with van der Waals surface area (Å²) >= 11 is 1.32. The second kappa shape index (κ2) is 8.09. The summed E-state index contributed by atoms with van der Waals surface area (Å²) in [5.41, 5.74) is 1.34. The Hall–Kier alpha value is -2.12.